The third-order valence-electron chi connectivity index (χ3n) is 5.41. The predicted octanol–water partition coefficient (Wildman–Crippen LogP) is 4.80. The predicted molar refractivity (Wildman–Crippen MR) is 84.8 cm³/mol. The lowest BCUT2D eigenvalue weighted by Gasteiger charge is -2.42. The highest BCUT2D eigenvalue weighted by Gasteiger charge is 2.47. The van der Waals surface area contributed by atoms with E-state index in [-0.39, 0.29) is 12.0 Å². The number of unbranched alkanes of at least 4 members (excludes halogenated alkanes) is 1. The second kappa shape index (κ2) is 9.26. The highest BCUT2D eigenvalue weighted by molar-refractivity contribution is 4.95. The summed E-state index contributed by atoms with van der Waals surface area (Å²) in [6, 6.07) is 0. The molecule has 2 aliphatic carbocycles. The van der Waals surface area contributed by atoms with Gasteiger partial charge in [0.15, 0.2) is 6.17 Å². The van der Waals surface area contributed by atoms with Crippen LogP contribution in [0, 0.1) is 11.8 Å². The molecule has 0 aromatic carbocycles. The molecule has 0 saturated heterocycles. The van der Waals surface area contributed by atoms with Crippen molar-refractivity contribution in [2.45, 2.75) is 89.5 Å². The molecule has 0 spiro atoms. The third-order valence-corrected chi connectivity index (χ3v) is 5.41. The van der Waals surface area contributed by atoms with Crippen molar-refractivity contribution in [1.82, 2.24) is 0 Å². The fraction of sp³-hybridized carbons (Fsp3) is 1.00. The molecule has 5 heteroatoms. The summed E-state index contributed by atoms with van der Waals surface area (Å²) in [6.45, 7) is 4.92. The first-order chi connectivity index (χ1) is 11.1. The van der Waals surface area contributed by atoms with E-state index in [1.165, 1.54) is 0 Å². The first kappa shape index (κ1) is 19.0. The van der Waals surface area contributed by atoms with E-state index >= 15 is 0 Å². The Bertz CT molecular complexity index is 342. The Hall–Kier alpha value is -0.290. The summed E-state index contributed by atoms with van der Waals surface area (Å²) in [5.74, 6) is -0.898. The summed E-state index contributed by atoms with van der Waals surface area (Å²) in [7, 11) is 0. The van der Waals surface area contributed by atoms with E-state index in [0.29, 0.717) is 38.9 Å². The Morgan fingerprint density at radius 3 is 2.26 bits per heavy atom. The van der Waals surface area contributed by atoms with E-state index in [1.54, 1.807) is 6.92 Å². The summed E-state index contributed by atoms with van der Waals surface area (Å²) in [5.41, 5.74) is 0. The first-order valence-electron chi connectivity index (χ1n) is 9.23. The van der Waals surface area contributed by atoms with Crippen LogP contribution in [0.5, 0.6) is 0 Å². The van der Waals surface area contributed by atoms with Crippen LogP contribution in [0.3, 0.4) is 0 Å². The SMILES string of the molecule is CCCCOC1CCC(C2CCC(OCC)C(F)C2F)C(F)C1. The summed E-state index contributed by atoms with van der Waals surface area (Å²) in [4.78, 5) is 0. The highest BCUT2D eigenvalue weighted by atomic mass is 19.2. The highest BCUT2D eigenvalue weighted by Crippen LogP contribution is 2.43. The summed E-state index contributed by atoms with van der Waals surface area (Å²) >= 11 is 0. The van der Waals surface area contributed by atoms with E-state index in [2.05, 4.69) is 6.92 Å². The number of ether oxygens (including phenoxy) is 2. The van der Waals surface area contributed by atoms with E-state index in [1.807, 2.05) is 0 Å². The molecule has 7 unspecified atom stereocenters. The van der Waals surface area contributed by atoms with Crippen molar-refractivity contribution in [3.05, 3.63) is 0 Å². The Kier molecular flexibility index (Phi) is 7.67. The van der Waals surface area contributed by atoms with Crippen molar-refractivity contribution < 1.29 is 22.6 Å². The average Bonchev–Trinajstić information content (AvgIpc) is 2.53. The van der Waals surface area contributed by atoms with Gasteiger partial charge in [-0.2, -0.15) is 0 Å². The molecule has 2 nitrogen and oxygen atoms in total. The summed E-state index contributed by atoms with van der Waals surface area (Å²) in [6.07, 6.45) is -0.353. The van der Waals surface area contributed by atoms with Gasteiger partial charge in [-0.05, 0) is 50.9 Å². The Morgan fingerprint density at radius 1 is 0.870 bits per heavy atom. The van der Waals surface area contributed by atoms with Gasteiger partial charge in [-0.15, -0.1) is 0 Å². The zero-order valence-corrected chi connectivity index (χ0v) is 14.4. The van der Waals surface area contributed by atoms with Gasteiger partial charge in [0.05, 0.1) is 12.2 Å². The molecule has 0 aromatic rings. The number of halogens is 3. The van der Waals surface area contributed by atoms with Gasteiger partial charge in [0, 0.05) is 19.6 Å². The van der Waals surface area contributed by atoms with Gasteiger partial charge >= 0.3 is 0 Å². The Morgan fingerprint density at radius 2 is 1.61 bits per heavy atom. The van der Waals surface area contributed by atoms with Crippen LogP contribution in [0.15, 0.2) is 0 Å². The van der Waals surface area contributed by atoms with Gasteiger partial charge in [0.25, 0.3) is 0 Å². The molecule has 0 aliphatic heterocycles. The molecule has 0 bridgehead atoms. The number of hydrogen-bond donors (Lipinski definition) is 0. The fourth-order valence-corrected chi connectivity index (χ4v) is 4.09. The van der Waals surface area contributed by atoms with Crippen molar-refractivity contribution in [2.24, 2.45) is 11.8 Å². The molecule has 136 valence electrons. The van der Waals surface area contributed by atoms with Crippen molar-refractivity contribution in [3.8, 4) is 0 Å². The normalized spacial score (nSPS) is 41.9. The number of hydrogen-bond acceptors (Lipinski definition) is 2. The van der Waals surface area contributed by atoms with E-state index in [0.717, 1.165) is 19.3 Å². The fourth-order valence-electron chi connectivity index (χ4n) is 4.09. The molecular formula is C18H31F3O2. The molecule has 2 aliphatic rings. The van der Waals surface area contributed by atoms with Crippen LogP contribution >= 0.6 is 0 Å². The molecule has 23 heavy (non-hydrogen) atoms. The lowest BCUT2D eigenvalue weighted by molar-refractivity contribution is -0.100. The Labute approximate surface area is 138 Å². The van der Waals surface area contributed by atoms with Crippen LogP contribution in [0.4, 0.5) is 13.2 Å². The largest absolute Gasteiger partial charge is 0.378 e. The average molecular weight is 336 g/mol. The smallest absolute Gasteiger partial charge is 0.157 e. The van der Waals surface area contributed by atoms with Crippen LogP contribution in [0.25, 0.3) is 0 Å². The van der Waals surface area contributed by atoms with Crippen LogP contribution < -0.4 is 0 Å². The van der Waals surface area contributed by atoms with Crippen molar-refractivity contribution in [3.63, 3.8) is 0 Å². The van der Waals surface area contributed by atoms with E-state index in [4.69, 9.17) is 9.47 Å². The monoisotopic (exact) mass is 336 g/mol. The van der Waals surface area contributed by atoms with Crippen LogP contribution in [0.1, 0.15) is 58.8 Å². The van der Waals surface area contributed by atoms with Crippen molar-refractivity contribution in [1.29, 1.82) is 0 Å². The van der Waals surface area contributed by atoms with Gasteiger partial charge in [0.1, 0.15) is 12.3 Å². The molecule has 2 saturated carbocycles. The maximum absolute atomic E-state index is 14.5. The third kappa shape index (κ3) is 4.85. The maximum atomic E-state index is 14.5. The topological polar surface area (TPSA) is 18.5 Å². The van der Waals surface area contributed by atoms with E-state index < -0.39 is 30.5 Å². The molecular weight excluding hydrogens is 305 g/mol. The van der Waals surface area contributed by atoms with Gasteiger partial charge in [-0.3, -0.25) is 0 Å². The second-order valence-corrected chi connectivity index (χ2v) is 6.96. The number of rotatable bonds is 7. The molecule has 2 rings (SSSR count). The molecule has 0 radical (unpaired) electrons. The minimum absolute atomic E-state index is 0.0631. The first-order valence-corrected chi connectivity index (χ1v) is 9.23. The number of alkyl halides is 3. The molecule has 2 fully saturated rings. The van der Waals surface area contributed by atoms with Crippen molar-refractivity contribution >= 4 is 0 Å². The lowest BCUT2D eigenvalue weighted by atomic mass is 9.70. The quantitative estimate of drug-likeness (QED) is 0.622. The van der Waals surface area contributed by atoms with Crippen LogP contribution in [-0.4, -0.2) is 43.9 Å². The van der Waals surface area contributed by atoms with Crippen LogP contribution in [0.2, 0.25) is 0 Å². The molecule has 0 amide bonds. The standard InChI is InChI=1S/C18H31F3O2/c1-3-5-10-23-12-6-7-13(15(19)11-12)14-8-9-16(22-4-2)18(21)17(14)20/h12-18H,3-11H2,1-2H3. The van der Waals surface area contributed by atoms with Gasteiger partial charge in [-0.25, -0.2) is 13.2 Å². The second-order valence-electron chi connectivity index (χ2n) is 6.96. The van der Waals surface area contributed by atoms with Gasteiger partial charge < -0.3 is 9.47 Å². The molecule has 0 N–H and O–H groups in total. The molecule has 0 aromatic heterocycles. The minimum Gasteiger partial charge on any atom is -0.378 e. The zero-order chi connectivity index (χ0) is 16.8. The molecule has 0 heterocycles. The van der Waals surface area contributed by atoms with Gasteiger partial charge in [-0.1, -0.05) is 13.3 Å². The summed E-state index contributed by atoms with van der Waals surface area (Å²) in [5, 5.41) is 0. The van der Waals surface area contributed by atoms with Gasteiger partial charge in [0.2, 0.25) is 0 Å². The zero-order valence-electron chi connectivity index (χ0n) is 14.4. The lowest BCUT2D eigenvalue weighted by Crippen LogP contribution is -2.48. The molecule has 7 atom stereocenters. The van der Waals surface area contributed by atoms with Crippen molar-refractivity contribution in [2.75, 3.05) is 13.2 Å². The Balaban J connectivity index is 1.85. The van der Waals surface area contributed by atoms with Crippen LogP contribution in [-0.2, 0) is 9.47 Å². The summed E-state index contributed by atoms with van der Waals surface area (Å²) < 4.78 is 54.2. The maximum Gasteiger partial charge on any atom is 0.157 e. The minimum atomic E-state index is -1.63. The van der Waals surface area contributed by atoms with E-state index in [9.17, 15) is 13.2 Å².